The number of carbonyl (C=O) groups excluding carboxylic acids is 1. The number of carboxylic acids is 1. The summed E-state index contributed by atoms with van der Waals surface area (Å²) in [6.45, 7) is 7.84. The molecule has 2 aromatic heterocycles. The van der Waals surface area contributed by atoms with E-state index in [1.54, 1.807) is 11.0 Å². The summed E-state index contributed by atoms with van der Waals surface area (Å²) in [5.74, 6) is -0.308. The summed E-state index contributed by atoms with van der Waals surface area (Å²) in [5.41, 5.74) is 0.786. The number of carboxylic acid groups (broad SMARTS) is 1. The fourth-order valence-electron chi connectivity index (χ4n) is 6.25. The molecule has 190 valence electrons. The number of H-pyrrole nitrogens is 1. The molecule has 1 amide bonds. The van der Waals surface area contributed by atoms with Gasteiger partial charge in [-0.15, -0.1) is 10.2 Å². The number of hydrogen-bond acceptors (Lipinski definition) is 7. The minimum Gasteiger partial charge on any atom is -0.477 e. The van der Waals surface area contributed by atoms with E-state index in [1.165, 1.54) is 5.56 Å². The van der Waals surface area contributed by atoms with E-state index in [4.69, 9.17) is 9.47 Å². The van der Waals surface area contributed by atoms with E-state index in [1.807, 2.05) is 31.4 Å². The molecule has 2 aliphatic heterocycles. The highest BCUT2D eigenvalue weighted by atomic mass is 16.6. The first-order chi connectivity index (χ1) is 17.2. The van der Waals surface area contributed by atoms with E-state index in [0.29, 0.717) is 24.8 Å². The first-order valence-corrected chi connectivity index (χ1v) is 12.4. The lowest BCUT2D eigenvalue weighted by molar-refractivity contribution is 0.0255. The number of aromatic amines is 1. The second-order valence-electron chi connectivity index (χ2n) is 11.0. The molecular weight excluding hydrogens is 464 g/mol. The summed E-state index contributed by atoms with van der Waals surface area (Å²) < 4.78 is 12.9. The predicted molar refractivity (Wildman–Crippen MR) is 128 cm³/mol. The lowest BCUT2D eigenvalue weighted by atomic mass is 9.91. The predicted octanol–water partition coefficient (Wildman–Crippen LogP) is 2.99. The number of ether oxygens (including phenoxy) is 2. The van der Waals surface area contributed by atoms with Gasteiger partial charge in [0.1, 0.15) is 16.8 Å². The second kappa shape index (κ2) is 8.02. The highest BCUT2D eigenvalue weighted by Gasteiger charge is 2.74. The van der Waals surface area contributed by atoms with Crippen molar-refractivity contribution in [2.24, 2.45) is 11.8 Å². The molecule has 6 rings (SSSR count). The Kier molecular flexibility index (Phi) is 5.12. The van der Waals surface area contributed by atoms with Crippen molar-refractivity contribution in [1.82, 2.24) is 30.1 Å². The summed E-state index contributed by atoms with van der Waals surface area (Å²) in [6, 6.07) is 7.94. The van der Waals surface area contributed by atoms with E-state index in [-0.39, 0.29) is 23.6 Å². The van der Waals surface area contributed by atoms with Crippen LogP contribution in [0.3, 0.4) is 0 Å². The van der Waals surface area contributed by atoms with Crippen LogP contribution in [0.25, 0.3) is 10.9 Å². The molecule has 2 unspecified atom stereocenters. The van der Waals surface area contributed by atoms with Crippen LogP contribution in [0, 0.1) is 11.8 Å². The van der Waals surface area contributed by atoms with Crippen LogP contribution in [-0.2, 0) is 15.0 Å². The Balaban J connectivity index is 1.41. The van der Waals surface area contributed by atoms with Gasteiger partial charge < -0.3 is 24.0 Å². The maximum atomic E-state index is 12.7. The van der Waals surface area contributed by atoms with Gasteiger partial charge in [-0.3, -0.25) is 0 Å². The molecule has 0 bridgehead atoms. The normalized spacial score (nSPS) is 26.2. The number of aromatic carboxylic acids is 1. The van der Waals surface area contributed by atoms with Crippen molar-refractivity contribution >= 4 is 23.0 Å². The van der Waals surface area contributed by atoms with E-state index in [0.717, 1.165) is 37.0 Å². The molecule has 3 aliphatic rings. The fraction of sp³-hybridized carbons (Fsp3) is 0.560. The molecule has 0 radical (unpaired) electrons. The number of carbonyl (C=O) groups is 2. The monoisotopic (exact) mass is 494 g/mol. The van der Waals surface area contributed by atoms with Crippen LogP contribution in [0.15, 0.2) is 24.3 Å². The number of aromatic nitrogens is 5. The smallest absolute Gasteiger partial charge is 0.410 e. The highest BCUT2D eigenvalue weighted by molar-refractivity contribution is 5.95. The molecule has 11 heteroatoms. The molecule has 36 heavy (non-hydrogen) atoms. The number of rotatable bonds is 4. The van der Waals surface area contributed by atoms with Crippen molar-refractivity contribution in [3.05, 3.63) is 41.3 Å². The molecule has 2 N–H and O–H groups in total. The van der Waals surface area contributed by atoms with Crippen LogP contribution in [-0.4, -0.2) is 79.2 Å². The summed E-state index contributed by atoms with van der Waals surface area (Å²) >= 11 is 0. The van der Waals surface area contributed by atoms with Crippen molar-refractivity contribution in [3.63, 3.8) is 0 Å². The first kappa shape index (κ1) is 23.0. The number of nitrogens with zero attached hydrogens (tertiary/aromatic N) is 5. The topological polar surface area (TPSA) is 135 Å². The van der Waals surface area contributed by atoms with Gasteiger partial charge in [0.05, 0.1) is 0 Å². The molecular formula is C25H30N6O5. The summed E-state index contributed by atoms with van der Waals surface area (Å²) in [6.07, 6.45) is 1.54. The van der Waals surface area contributed by atoms with Crippen molar-refractivity contribution in [2.75, 3.05) is 26.3 Å². The first-order valence-electron chi connectivity index (χ1n) is 12.4. The number of piperidine rings is 1. The summed E-state index contributed by atoms with van der Waals surface area (Å²) in [4.78, 5) is 26.9. The van der Waals surface area contributed by atoms with Gasteiger partial charge in [-0.05, 0) is 63.3 Å². The van der Waals surface area contributed by atoms with E-state index in [9.17, 15) is 14.7 Å². The van der Waals surface area contributed by atoms with Crippen LogP contribution in [0.4, 0.5) is 4.79 Å². The quantitative estimate of drug-likeness (QED) is 0.565. The zero-order valence-corrected chi connectivity index (χ0v) is 20.6. The maximum absolute atomic E-state index is 12.7. The third kappa shape index (κ3) is 3.47. The molecule has 3 fully saturated rings. The Bertz CT molecular complexity index is 1310. The number of tetrazole rings is 1. The van der Waals surface area contributed by atoms with E-state index in [2.05, 4.69) is 32.8 Å². The average Bonchev–Trinajstić information content (AvgIpc) is 3.38. The largest absolute Gasteiger partial charge is 0.477 e. The van der Waals surface area contributed by atoms with Crippen molar-refractivity contribution < 1.29 is 24.2 Å². The lowest BCUT2D eigenvalue weighted by Gasteiger charge is -2.29. The number of likely N-dealkylation sites (tertiary alicyclic amines) is 1. The SMILES string of the molecule is CC(C)(C)OC(=O)N1CC2C(C1)C2(c1nn[nH]n1)n1c(C(=O)O)cc2cc(C3CCOCC3)ccc21. The second-order valence-corrected chi connectivity index (χ2v) is 11.0. The zero-order valence-electron chi connectivity index (χ0n) is 20.6. The molecule has 4 heterocycles. The third-order valence-electron chi connectivity index (χ3n) is 7.80. The molecule has 11 nitrogen and oxygen atoms in total. The Labute approximate surface area is 207 Å². The third-order valence-corrected chi connectivity index (χ3v) is 7.80. The van der Waals surface area contributed by atoms with Gasteiger partial charge in [0.25, 0.3) is 0 Å². The number of hydrogen-bond donors (Lipinski definition) is 2. The molecule has 1 aromatic carbocycles. The summed E-state index contributed by atoms with van der Waals surface area (Å²) in [5, 5.41) is 26.0. The molecule has 3 aromatic rings. The minimum absolute atomic E-state index is 0.0634. The van der Waals surface area contributed by atoms with Crippen molar-refractivity contribution in [2.45, 2.75) is 50.7 Å². The van der Waals surface area contributed by atoms with Crippen LogP contribution >= 0.6 is 0 Å². The fourth-order valence-corrected chi connectivity index (χ4v) is 6.25. The highest BCUT2D eigenvalue weighted by Crippen LogP contribution is 2.64. The van der Waals surface area contributed by atoms with E-state index < -0.39 is 17.1 Å². The standard InChI is InChI=1S/C25H30N6O5/c1-24(2,3)36-23(34)30-12-17-18(13-30)25(17,22-26-28-29-27-22)31-19-5-4-15(14-6-8-35-9-7-14)10-16(19)11-20(31)21(32)33/h4-5,10-11,14,17-18H,6-9,12-13H2,1-3H3,(H,32,33)(H,26,27,28,29). The average molecular weight is 495 g/mol. The summed E-state index contributed by atoms with van der Waals surface area (Å²) in [7, 11) is 0. The molecule has 2 saturated heterocycles. The van der Waals surface area contributed by atoms with Crippen LogP contribution in [0.1, 0.15) is 61.4 Å². The van der Waals surface area contributed by atoms with Gasteiger partial charge in [0.15, 0.2) is 0 Å². The molecule has 2 atom stereocenters. The Morgan fingerprint density at radius 1 is 1.17 bits per heavy atom. The van der Waals surface area contributed by atoms with Crippen molar-refractivity contribution in [3.8, 4) is 0 Å². The number of amides is 1. The van der Waals surface area contributed by atoms with Gasteiger partial charge in [-0.2, -0.15) is 5.21 Å². The van der Waals surface area contributed by atoms with Gasteiger partial charge >= 0.3 is 12.1 Å². The Hall–Kier alpha value is -3.47. The van der Waals surface area contributed by atoms with Crippen LogP contribution < -0.4 is 0 Å². The van der Waals surface area contributed by atoms with Crippen LogP contribution in [0.5, 0.6) is 0 Å². The zero-order chi connectivity index (χ0) is 25.2. The number of benzene rings is 1. The lowest BCUT2D eigenvalue weighted by Crippen LogP contribution is -2.41. The minimum atomic E-state index is -1.02. The van der Waals surface area contributed by atoms with Gasteiger partial charge in [-0.25, -0.2) is 9.59 Å². The van der Waals surface area contributed by atoms with Gasteiger partial charge in [-0.1, -0.05) is 11.3 Å². The Morgan fingerprint density at radius 2 is 1.89 bits per heavy atom. The molecule has 1 saturated carbocycles. The van der Waals surface area contributed by atoms with Gasteiger partial charge in [0.2, 0.25) is 5.82 Å². The maximum Gasteiger partial charge on any atom is 0.410 e. The number of nitrogens with one attached hydrogen (secondary N) is 1. The molecule has 1 aliphatic carbocycles. The van der Waals surface area contributed by atoms with E-state index >= 15 is 0 Å². The molecule has 0 spiro atoms. The Morgan fingerprint density at radius 3 is 2.50 bits per heavy atom. The van der Waals surface area contributed by atoms with Gasteiger partial charge in [0, 0.05) is 49.0 Å². The van der Waals surface area contributed by atoms with Crippen molar-refractivity contribution in [1.29, 1.82) is 0 Å². The van der Waals surface area contributed by atoms with Crippen LogP contribution in [0.2, 0.25) is 0 Å². The number of fused-ring (bicyclic) bond motifs is 2.